The van der Waals surface area contributed by atoms with Crippen LogP contribution in [0.4, 0.5) is 0 Å². The van der Waals surface area contributed by atoms with E-state index >= 15 is 0 Å². The molecule has 0 aliphatic heterocycles. The zero-order valence-electron chi connectivity index (χ0n) is 28.3. The quantitative estimate of drug-likeness (QED) is 0.0324. The summed E-state index contributed by atoms with van der Waals surface area (Å²) in [6.07, 6.45) is 2.36. The van der Waals surface area contributed by atoms with Gasteiger partial charge in [0.1, 0.15) is 22.7 Å². The highest BCUT2D eigenvalue weighted by molar-refractivity contribution is 5.87. The summed E-state index contributed by atoms with van der Waals surface area (Å²) in [4.78, 5) is 37.2. The van der Waals surface area contributed by atoms with Crippen LogP contribution in [0.1, 0.15) is 32.6 Å². The van der Waals surface area contributed by atoms with E-state index in [4.69, 9.17) is 27.8 Å². The topological polar surface area (TPSA) is 114 Å². The zero-order chi connectivity index (χ0) is 35.6. The van der Waals surface area contributed by atoms with Crippen LogP contribution < -0.4 is 20.7 Å². The van der Waals surface area contributed by atoms with Crippen molar-refractivity contribution in [3.8, 4) is 33.8 Å². The lowest BCUT2D eigenvalue weighted by Crippen LogP contribution is -2.19. The molecule has 6 aromatic rings. The summed E-state index contributed by atoms with van der Waals surface area (Å²) < 4.78 is 34.3. The van der Waals surface area contributed by atoms with Crippen molar-refractivity contribution in [3.63, 3.8) is 0 Å². The average Bonchev–Trinajstić information content (AvgIpc) is 3.14. The van der Waals surface area contributed by atoms with E-state index in [1.54, 1.807) is 19.1 Å². The smallest absolute Gasteiger partial charge is 0.344 e. The third-order valence-electron chi connectivity index (χ3n) is 8.31. The Hall–Kier alpha value is -5.93. The van der Waals surface area contributed by atoms with Crippen molar-refractivity contribution in [2.75, 3.05) is 20.0 Å². The van der Waals surface area contributed by atoms with Crippen LogP contribution in [-0.2, 0) is 14.3 Å². The molecular formula is C42H38O9. The molecule has 2 aromatic heterocycles. The molecule has 0 amide bonds. The first-order valence-electron chi connectivity index (χ1n) is 16.8. The lowest BCUT2D eigenvalue weighted by Gasteiger charge is -2.18. The normalized spacial score (nSPS) is 11.2. The number of esters is 1. The summed E-state index contributed by atoms with van der Waals surface area (Å²) in [7, 11) is 0. The molecule has 0 unspecified atom stereocenters. The van der Waals surface area contributed by atoms with E-state index in [0.717, 1.165) is 21.9 Å². The first-order valence-corrected chi connectivity index (χ1v) is 16.8. The number of fused-ring (bicyclic) bond motifs is 2. The summed E-state index contributed by atoms with van der Waals surface area (Å²) in [5, 5.41) is 1.59. The van der Waals surface area contributed by atoms with Gasteiger partial charge in [0, 0.05) is 28.5 Å². The van der Waals surface area contributed by atoms with Crippen LogP contribution in [0.3, 0.4) is 0 Å². The third-order valence-corrected chi connectivity index (χ3v) is 8.31. The predicted octanol–water partition coefficient (Wildman–Crippen LogP) is 8.71. The molecule has 2 heterocycles. The minimum Gasteiger partial charge on any atom is -0.493 e. The van der Waals surface area contributed by atoms with Gasteiger partial charge >= 0.3 is 17.2 Å². The fourth-order valence-electron chi connectivity index (χ4n) is 5.62. The molecule has 0 spiro atoms. The van der Waals surface area contributed by atoms with E-state index in [1.807, 2.05) is 97.1 Å². The summed E-state index contributed by atoms with van der Waals surface area (Å²) in [5.74, 6) is 0.654. The number of benzene rings is 4. The maximum absolute atomic E-state index is 12.7. The van der Waals surface area contributed by atoms with E-state index in [2.05, 4.69) is 6.58 Å². The van der Waals surface area contributed by atoms with Gasteiger partial charge in [-0.25, -0.2) is 14.4 Å². The summed E-state index contributed by atoms with van der Waals surface area (Å²) in [6.45, 7) is 5.78. The largest absolute Gasteiger partial charge is 0.493 e. The van der Waals surface area contributed by atoms with Crippen molar-refractivity contribution in [3.05, 3.63) is 142 Å². The molecule has 0 saturated carbocycles. The Balaban J connectivity index is 1.01. The van der Waals surface area contributed by atoms with E-state index < -0.39 is 17.2 Å². The lowest BCUT2D eigenvalue weighted by molar-refractivity contribution is -0.157. The minimum absolute atomic E-state index is 0.193. The van der Waals surface area contributed by atoms with Gasteiger partial charge in [-0.15, -0.1) is 0 Å². The van der Waals surface area contributed by atoms with Crippen LogP contribution in [0.15, 0.2) is 140 Å². The van der Waals surface area contributed by atoms with Gasteiger partial charge in [-0.3, -0.25) is 0 Å². The van der Waals surface area contributed by atoms with Crippen molar-refractivity contribution in [2.24, 2.45) is 0 Å². The van der Waals surface area contributed by atoms with E-state index in [1.165, 1.54) is 0 Å². The molecule has 9 nitrogen and oxygen atoms in total. The van der Waals surface area contributed by atoms with Gasteiger partial charge in [0.2, 0.25) is 0 Å². The van der Waals surface area contributed by atoms with Crippen LogP contribution in [0.25, 0.3) is 44.2 Å². The lowest BCUT2D eigenvalue weighted by atomic mass is 10.1. The van der Waals surface area contributed by atoms with E-state index in [-0.39, 0.29) is 12.9 Å². The maximum Gasteiger partial charge on any atom is 0.344 e. The van der Waals surface area contributed by atoms with E-state index in [0.29, 0.717) is 78.3 Å². The van der Waals surface area contributed by atoms with Crippen molar-refractivity contribution < 1.29 is 32.6 Å². The zero-order valence-corrected chi connectivity index (χ0v) is 28.3. The minimum atomic E-state index is -0.516. The Morgan fingerprint density at radius 1 is 0.667 bits per heavy atom. The second-order valence-electron chi connectivity index (χ2n) is 12.1. The Labute approximate surface area is 294 Å². The SMILES string of the molecule is C=C(C)C(=O)OCOC(CCCOc1ccc2cc(-c3ccccc3)c(=O)oc2c1)CCCOc1ccc2cc(-c3ccccc3)c(=O)oc2c1. The van der Waals surface area contributed by atoms with Gasteiger partial charge in [0.05, 0.1) is 30.4 Å². The van der Waals surface area contributed by atoms with Gasteiger partial charge in [0.25, 0.3) is 0 Å². The van der Waals surface area contributed by atoms with Crippen LogP contribution in [0.5, 0.6) is 11.5 Å². The average molecular weight is 687 g/mol. The molecule has 51 heavy (non-hydrogen) atoms. The second kappa shape index (κ2) is 16.7. The number of carbonyl (C=O) groups excluding carboxylic acids is 1. The Kier molecular flexibility index (Phi) is 11.4. The van der Waals surface area contributed by atoms with Crippen LogP contribution in [0, 0.1) is 0 Å². The molecule has 6 rings (SSSR count). The van der Waals surface area contributed by atoms with Gasteiger partial charge in [-0.2, -0.15) is 0 Å². The molecule has 0 aliphatic carbocycles. The molecule has 0 bridgehead atoms. The summed E-state index contributed by atoms with van der Waals surface area (Å²) in [6, 6.07) is 33.3. The molecule has 4 aromatic carbocycles. The molecule has 0 atom stereocenters. The first-order chi connectivity index (χ1) is 24.8. The highest BCUT2D eigenvalue weighted by Gasteiger charge is 2.14. The fraction of sp³-hybridized carbons (Fsp3) is 0.214. The number of rotatable bonds is 16. The number of carbonyl (C=O) groups is 1. The standard InChI is InChI=1S/C42H38O9/c1-28(2)40(43)49-27-48-33(15-9-21-46-34-19-17-31-23-36(29-11-5-3-6-12-29)41(44)50-38(31)25-34)16-10-22-47-35-20-18-32-24-37(30-13-7-4-8-14-30)42(45)51-39(32)26-35/h3-8,11-14,17-20,23-26,33H,1,9-10,15-16,21-22,27H2,2H3. The second-order valence-corrected chi connectivity index (χ2v) is 12.1. The maximum atomic E-state index is 12.7. The highest BCUT2D eigenvalue weighted by Crippen LogP contribution is 2.26. The Morgan fingerprint density at radius 2 is 1.14 bits per heavy atom. The van der Waals surface area contributed by atoms with Gasteiger partial charge in [-0.1, -0.05) is 67.2 Å². The van der Waals surface area contributed by atoms with Gasteiger partial charge in [-0.05, 0) is 80.1 Å². The number of hydrogen-bond acceptors (Lipinski definition) is 9. The number of hydrogen-bond donors (Lipinski definition) is 0. The molecular weight excluding hydrogens is 648 g/mol. The number of ether oxygens (including phenoxy) is 4. The van der Waals surface area contributed by atoms with Crippen molar-refractivity contribution >= 4 is 27.9 Å². The monoisotopic (exact) mass is 686 g/mol. The third kappa shape index (κ3) is 9.20. The van der Waals surface area contributed by atoms with E-state index in [9.17, 15) is 14.4 Å². The molecule has 0 aliphatic rings. The van der Waals surface area contributed by atoms with Crippen LogP contribution in [0.2, 0.25) is 0 Å². The molecule has 9 heteroatoms. The fourth-order valence-corrected chi connectivity index (χ4v) is 5.62. The Bertz CT molecular complexity index is 2090. The first kappa shape index (κ1) is 34.9. The summed E-state index contributed by atoms with van der Waals surface area (Å²) in [5.41, 5.74) is 2.97. The van der Waals surface area contributed by atoms with Crippen LogP contribution in [-0.4, -0.2) is 32.1 Å². The molecule has 0 fully saturated rings. The highest BCUT2D eigenvalue weighted by atomic mass is 16.7. The van der Waals surface area contributed by atoms with Crippen molar-refractivity contribution in [2.45, 2.75) is 38.7 Å². The molecule has 0 radical (unpaired) electrons. The van der Waals surface area contributed by atoms with Crippen LogP contribution >= 0.6 is 0 Å². The molecule has 0 N–H and O–H groups in total. The Morgan fingerprint density at radius 3 is 1.59 bits per heavy atom. The van der Waals surface area contributed by atoms with Crippen molar-refractivity contribution in [1.82, 2.24) is 0 Å². The van der Waals surface area contributed by atoms with Crippen molar-refractivity contribution in [1.29, 1.82) is 0 Å². The van der Waals surface area contributed by atoms with Gasteiger partial charge < -0.3 is 27.8 Å². The summed E-state index contributed by atoms with van der Waals surface area (Å²) >= 11 is 0. The van der Waals surface area contributed by atoms with Gasteiger partial charge in [0.15, 0.2) is 6.79 Å². The molecule has 260 valence electrons. The predicted molar refractivity (Wildman–Crippen MR) is 196 cm³/mol. The molecule has 0 saturated heterocycles.